The van der Waals surface area contributed by atoms with Crippen LogP contribution in [0.3, 0.4) is 0 Å². The molecule has 0 fully saturated rings. The molecule has 2 nitrogen and oxygen atoms in total. The van der Waals surface area contributed by atoms with Crippen molar-refractivity contribution in [1.29, 1.82) is 0 Å². The van der Waals surface area contributed by atoms with Gasteiger partial charge in [-0.05, 0) is 29.8 Å². The predicted octanol–water partition coefficient (Wildman–Crippen LogP) is 4.12. The molecular weight excluding hydrogens is 278 g/mol. The predicted molar refractivity (Wildman–Crippen MR) is 80.3 cm³/mol. The summed E-state index contributed by atoms with van der Waals surface area (Å²) in [4.78, 5) is 1.08. The van der Waals surface area contributed by atoms with Gasteiger partial charge in [-0.15, -0.1) is 11.3 Å². The van der Waals surface area contributed by atoms with Crippen LogP contribution in [0.5, 0.6) is 5.75 Å². The SMILES string of the molecule is CC1(C)COc2ccc(C(N)c3ccc(Cl)s3)cc21. The Morgan fingerprint density at radius 3 is 2.79 bits per heavy atom. The summed E-state index contributed by atoms with van der Waals surface area (Å²) < 4.78 is 6.47. The molecule has 1 aliphatic heterocycles. The Kier molecular flexibility index (Phi) is 3.08. The van der Waals surface area contributed by atoms with Crippen molar-refractivity contribution in [3.63, 3.8) is 0 Å². The van der Waals surface area contributed by atoms with Crippen molar-refractivity contribution < 1.29 is 4.74 Å². The highest BCUT2D eigenvalue weighted by Crippen LogP contribution is 2.40. The minimum atomic E-state index is -0.126. The Morgan fingerprint density at radius 1 is 1.32 bits per heavy atom. The molecule has 0 saturated heterocycles. The molecule has 4 heteroatoms. The van der Waals surface area contributed by atoms with Crippen LogP contribution in [-0.4, -0.2) is 6.61 Å². The van der Waals surface area contributed by atoms with Crippen LogP contribution < -0.4 is 10.5 Å². The van der Waals surface area contributed by atoms with Gasteiger partial charge in [-0.2, -0.15) is 0 Å². The first-order valence-electron chi connectivity index (χ1n) is 6.25. The second kappa shape index (κ2) is 4.51. The zero-order valence-corrected chi connectivity index (χ0v) is 12.5. The molecule has 2 heterocycles. The Balaban J connectivity index is 1.99. The number of halogens is 1. The minimum absolute atomic E-state index is 0.0537. The summed E-state index contributed by atoms with van der Waals surface area (Å²) in [5, 5.41) is 0. The first-order chi connectivity index (χ1) is 8.97. The molecule has 0 spiro atoms. The van der Waals surface area contributed by atoms with Crippen molar-refractivity contribution in [1.82, 2.24) is 0 Å². The van der Waals surface area contributed by atoms with E-state index in [4.69, 9.17) is 22.1 Å². The van der Waals surface area contributed by atoms with E-state index in [1.165, 1.54) is 16.9 Å². The minimum Gasteiger partial charge on any atom is -0.492 e. The van der Waals surface area contributed by atoms with Crippen LogP contribution in [0, 0.1) is 0 Å². The summed E-state index contributed by atoms with van der Waals surface area (Å²) in [6.45, 7) is 5.11. The molecule has 2 N–H and O–H groups in total. The smallest absolute Gasteiger partial charge is 0.123 e. The van der Waals surface area contributed by atoms with Gasteiger partial charge in [0.25, 0.3) is 0 Å². The van der Waals surface area contributed by atoms with Gasteiger partial charge in [0.2, 0.25) is 0 Å². The lowest BCUT2D eigenvalue weighted by Crippen LogP contribution is -2.19. The van der Waals surface area contributed by atoms with E-state index in [9.17, 15) is 0 Å². The molecule has 1 aromatic carbocycles. The number of fused-ring (bicyclic) bond motifs is 1. The molecule has 100 valence electrons. The van der Waals surface area contributed by atoms with E-state index >= 15 is 0 Å². The van der Waals surface area contributed by atoms with E-state index in [-0.39, 0.29) is 11.5 Å². The molecule has 19 heavy (non-hydrogen) atoms. The maximum atomic E-state index is 6.32. The fraction of sp³-hybridized carbons (Fsp3) is 0.333. The van der Waals surface area contributed by atoms with Crippen molar-refractivity contribution in [3.8, 4) is 5.75 Å². The fourth-order valence-electron chi connectivity index (χ4n) is 2.39. The highest BCUT2D eigenvalue weighted by molar-refractivity contribution is 7.16. The normalized spacial score (nSPS) is 17.9. The van der Waals surface area contributed by atoms with Crippen LogP contribution in [0.4, 0.5) is 0 Å². The monoisotopic (exact) mass is 293 g/mol. The number of thiophene rings is 1. The highest BCUT2D eigenvalue weighted by Gasteiger charge is 2.32. The maximum Gasteiger partial charge on any atom is 0.123 e. The lowest BCUT2D eigenvalue weighted by Gasteiger charge is -2.17. The van der Waals surface area contributed by atoms with Crippen LogP contribution >= 0.6 is 22.9 Å². The number of hydrogen-bond acceptors (Lipinski definition) is 3. The largest absolute Gasteiger partial charge is 0.492 e. The van der Waals surface area contributed by atoms with Crippen LogP contribution in [0.1, 0.15) is 35.9 Å². The molecular formula is C15H16ClNOS. The lowest BCUT2D eigenvalue weighted by atomic mass is 9.85. The van der Waals surface area contributed by atoms with E-state index in [1.54, 1.807) is 0 Å². The number of hydrogen-bond donors (Lipinski definition) is 1. The third kappa shape index (κ3) is 2.27. The quantitative estimate of drug-likeness (QED) is 0.904. The van der Waals surface area contributed by atoms with E-state index in [0.717, 1.165) is 27.1 Å². The molecule has 0 amide bonds. The number of rotatable bonds is 2. The van der Waals surface area contributed by atoms with Crippen molar-refractivity contribution >= 4 is 22.9 Å². The molecule has 2 aromatic rings. The lowest BCUT2D eigenvalue weighted by molar-refractivity contribution is 0.291. The van der Waals surface area contributed by atoms with E-state index < -0.39 is 0 Å². The number of nitrogens with two attached hydrogens (primary N) is 1. The second-order valence-corrected chi connectivity index (χ2v) is 7.29. The molecule has 0 saturated carbocycles. The second-order valence-electron chi connectivity index (χ2n) is 5.55. The molecule has 1 aromatic heterocycles. The van der Waals surface area contributed by atoms with Gasteiger partial charge in [-0.3, -0.25) is 0 Å². The van der Waals surface area contributed by atoms with Crippen LogP contribution in [0.15, 0.2) is 30.3 Å². The molecule has 0 bridgehead atoms. The van der Waals surface area contributed by atoms with Crippen molar-refractivity contribution in [2.24, 2.45) is 5.73 Å². The highest BCUT2D eigenvalue weighted by atomic mass is 35.5. The summed E-state index contributed by atoms with van der Waals surface area (Å²) in [6.07, 6.45) is 0. The molecule has 1 unspecified atom stereocenters. The van der Waals surface area contributed by atoms with Gasteiger partial charge in [-0.1, -0.05) is 31.5 Å². The van der Waals surface area contributed by atoms with Crippen molar-refractivity contribution in [2.75, 3.05) is 6.61 Å². The summed E-state index contributed by atoms with van der Waals surface area (Å²) >= 11 is 7.51. The number of benzene rings is 1. The van der Waals surface area contributed by atoms with E-state index in [0.29, 0.717) is 0 Å². The third-order valence-corrected chi connectivity index (χ3v) is 4.90. The van der Waals surface area contributed by atoms with Gasteiger partial charge in [0.15, 0.2) is 0 Å². The molecule has 1 aliphatic rings. The van der Waals surface area contributed by atoms with Crippen LogP contribution in [-0.2, 0) is 5.41 Å². The first-order valence-corrected chi connectivity index (χ1v) is 7.45. The Bertz CT molecular complexity index is 620. The zero-order valence-electron chi connectivity index (χ0n) is 10.9. The van der Waals surface area contributed by atoms with E-state index in [1.807, 2.05) is 24.3 Å². The zero-order chi connectivity index (χ0) is 13.6. The van der Waals surface area contributed by atoms with E-state index in [2.05, 4.69) is 19.9 Å². The maximum absolute atomic E-state index is 6.32. The van der Waals surface area contributed by atoms with Gasteiger partial charge in [-0.25, -0.2) is 0 Å². The van der Waals surface area contributed by atoms with Gasteiger partial charge < -0.3 is 10.5 Å². The van der Waals surface area contributed by atoms with Gasteiger partial charge in [0, 0.05) is 15.9 Å². The van der Waals surface area contributed by atoms with Crippen molar-refractivity contribution in [3.05, 3.63) is 50.7 Å². The summed E-state index contributed by atoms with van der Waals surface area (Å²) in [5.74, 6) is 0.977. The average molecular weight is 294 g/mol. The van der Waals surface area contributed by atoms with Crippen LogP contribution in [0.25, 0.3) is 0 Å². The molecule has 0 aliphatic carbocycles. The topological polar surface area (TPSA) is 35.2 Å². The molecule has 3 rings (SSSR count). The standard InChI is InChI=1S/C15H16ClNOS/c1-15(2)8-18-11-4-3-9(7-10(11)15)14(17)12-5-6-13(16)19-12/h3-7,14H,8,17H2,1-2H3. The summed E-state index contributed by atoms with van der Waals surface area (Å²) in [7, 11) is 0. The Labute approximate surface area is 122 Å². The van der Waals surface area contributed by atoms with Gasteiger partial charge in [0.05, 0.1) is 17.0 Å². The first kappa shape index (κ1) is 13.0. The average Bonchev–Trinajstić information content (AvgIpc) is 2.93. The third-order valence-electron chi connectivity index (χ3n) is 3.58. The Morgan fingerprint density at radius 2 is 2.11 bits per heavy atom. The van der Waals surface area contributed by atoms with Gasteiger partial charge >= 0.3 is 0 Å². The summed E-state index contributed by atoms with van der Waals surface area (Å²) in [6, 6.07) is 9.99. The summed E-state index contributed by atoms with van der Waals surface area (Å²) in [5.41, 5.74) is 8.72. The Hall–Kier alpha value is -1.03. The molecule has 1 atom stereocenters. The fourth-order valence-corrected chi connectivity index (χ4v) is 3.48. The molecule has 0 radical (unpaired) electrons. The van der Waals surface area contributed by atoms with Crippen molar-refractivity contribution in [2.45, 2.75) is 25.3 Å². The van der Waals surface area contributed by atoms with Crippen LogP contribution in [0.2, 0.25) is 4.34 Å². The van der Waals surface area contributed by atoms with Gasteiger partial charge in [0.1, 0.15) is 5.75 Å². The number of ether oxygens (including phenoxy) is 1.